The first-order valence-electron chi connectivity index (χ1n) is 9.53. The average molecular weight is 462 g/mol. The fraction of sp³-hybridized carbons (Fsp3) is 0.450. The van der Waals surface area contributed by atoms with Crippen molar-refractivity contribution in [1.29, 1.82) is 0 Å². The summed E-state index contributed by atoms with van der Waals surface area (Å²) < 4.78 is 81.6. The van der Waals surface area contributed by atoms with Gasteiger partial charge in [0, 0.05) is 24.9 Å². The smallest absolute Gasteiger partial charge is 0.394 e. The minimum absolute atomic E-state index is 0.117. The Morgan fingerprint density at radius 1 is 1.28 bits per heavy atom. The van der Waals surface area contributed by atoms with Gasteiger partial charge in [0.2, 0.25) is 0 Å². The van der Waals surface area contributed by atoms with Gasteiger partial charge in [-0.05, 0) is 43.0 Å². The molecular weight excluding hydrogens is 442 g/mol. The normalized spacial score (nSPS) is 22.4. The number of aryl methyl sites for hydroxylation is 1. The third-order valence-corrected chi connectivity index (χ3v) is 5.19. The minimum atomic E-state index is -5.29. The van der Waals surface area contributed by atoms with Crippen LogP contribution in [0.4, 0.5) is 26.3 Å². The summed E-state index contributed by atoms with van der Waals surface area (Å²) in [6, 6.07) is 4.34. The zero-order valence-electron chi connectivity index (χ0n) is 17.1. The number of nitrogens with two attached hydrogens (primary N) is 1. The summed E-state index contributed by atoms with van der Waals surface area (Å²) in [6.07, 6.45) is -9.44. The van der Waals surface area contributed by atoms with Crippen molar-refractivity contribution in [2.24, 2.45) is 15.9 Å². The van der Waals surface area contributed by atoms with Crippen LogP contribution in [0.5, 0.6) is 0 Å². The lowest BCUT2D eigenvalue weighted by atomic mass is 9.85. The van der Waals surface area contributed by atoms with Crippen molar-refractivity contribution in [3.05, 3.63) is 46.2 Å². The van der Waals surface area contributed by atoms with E-state index in [0.29, 0.717) is 17.3 Å². The van der Waals surface area contributed by atoms with Gasteiger partial charge in [-0.25, -0.2) is 0 Å². The third kappa shape index (κ3) is 4.44. The molecular formula is C20H20F6N4O2. The Kier molecular flexibility index (Phi) is 6.00. The molecule has 1 saturated carbocycles. The van der Waals surface area contributed by atoms with E-state index >= 15 is 0 Å². The molecule has 1 fully saturated rings. The molecule has 1 aromatic carbocycles. The van der Waals surface area contributed by atoms with Gasteiger partial charge in [-0.15, -0.1) is 0 Å². The number of hydrogen-bond acceptors (Lipinski definition) is 5. The molecule has 12 heteroatoms. The van der Waals surface area contributed by atoms with Gasteiger partial charge in [-0.3, -0.25) is 9.79 Å². The van der Waals surface area contributed by atoms with Gasteiger partial charge < -0.3 is 15.9 Å². The number of nitrogens with zero attached hydrogens (tertiary/aromatic N) is 2. The first kappa shape index (κ1) is 23.6. The van der Waals surface area contributed by atoms with Crippen LogP contribution in [0, 0.1) is 6.92 Å². The number of aliphatic imine (C=N–C) groups is 1. The molecule has 0 radical (unpaired) electrons. The van der Waals surface area contributed by atoms with Gasteiger partial charge in [-0.2, -0.15) is 26.3 Å². The lowest BCUT2D eigenvalue weighted by molar-refractivity contribution is -0.252. The highest BCUT2D eigenvalue weighted by Crippen LogP contribution is 2.47. The van der Waals surface area contributed by atoms with E-state index < -0.39 is 35.6 Å². The maximum Gasteiger partial charge on any atom is 0.435 e. The minimum Gasteiger partial charge on any atom is -0.394 e. The molecule has 1 atom stereocenters. The van der Waals surface area contributed by atoms with Gasteiger partial charge >= 0.3 is 12.4 Å². The third-order valence-electron chi connectivity index (χ3n) is 5.19. The summed E-state index contributed by atoms with van der Waals surface area (Å²) in [5.74, 6) is -0.312. The van der Waals surface area contributed by atoms with Crippen LogP contribution in [-0.4, -0.2) is 48.9 Å². The van der Waals surface area contributed by atoms with E-state index in [4.69, 9.17) is 5.73 Å². The predicted molar refractivity (Wildman–Crippen MR) is 104 cm³/mol. The van der Waals surface area contributed by atoms with Crippen LogP contribution in [0.1, 0.15) is 40.7 Å². The highest BCUT2D eigenvalue weighted by molar-refractivity contribution is 6.04. The molecule has 1 amide bonds. The van der Waals surface area contributed by atoms with E-state index in [1.165, 1.54) is 18.2 Å². The van der Waals surface area contributed by atoms with Crippen LogP contribution in [0.3, 0.4) is 0 Å². The van der Waals surface area contributed by atoms with E-state index in [1.807, 2.05) is 0 Å². The first-order chi connectivity index (χ1) is 14.8. The molecule has 0 aromatic heterocycles. The fourth-order valence-electron chi connectivity index (χ4n) is 3.30. The molecule has 0 saturated heterocycles. The summed E-state index contributed by atoms with van der Waals surface area (Å²) in [4.78, 5) is 20.2. The van der Waals surface area contributed by atoms with E-state index in [1.54, 1.807) is 6.92 Å². The molecule has 174 valence electrons. The van der Waals surface area contributed by atoms with Crippen LogP contribution in [-0.2, 0) is 4.84 Å². The second kappa shape index (κ2) is 8.14. The molecule has 1 heterocycles. The molecule has 0 bridgehead atoms. The van der Waals surface area contributed by atoms with Crippen LogP contribution in [0.2, 0.25) is 0 Å². The van der Waals surface area contributed by atoms with Crippen molar-refractivity contribution in [2.75, 3.05) is 7.05 Å². The van der Waals surface area contributed by atoms with Crippen molar-refractivity contribution < 1.29 is 36.0 Å². The molecule has 1 unspecified atom stereocenters. The largest absolute Gasteiger partial charge is 0.435 e. The first-order valence-corrected chi connectivity index (χ1v) is 9.53. The lowest BCUT2D eigenvalue weighted by Gasteiger charge is -2.31. The number of amides is 1. The second-order valence-electron chi connectivity index (χ2n) is 7.62. The van der Waals surface area contributed by atoms with E-state index in [9.17, 15) is 31.1 Å². The predicted octanol–water partition coefficient (Wildman–Crippen LogP) is 3.79. The van der Waals surface area contributed by atoms with Gasteiger partial charge in [0.1, 0.15) is 5.70 Å². The Labute approximate surface area is 179 Å². The number of halogens is 6. The standard InChI is InChI=1S/C20H20F6N4O2/c1-10-7-11(3-6-13(10)17(31)29-12-4-5-12)15-8-18(32-30-15,20(24,25)26)14(9-28-2)16(27)19(21,22)23/h3,6-7,9,12H,4-5,8,27H2,1-2H3,(H,29,31). The van der Waals surface area contributed by atoms with Crippen LogP contribution < -0.4 is 11.1 Å². The van der Waals surface area contributed by atoms with E-state index in [2.05, 4.69) is 20.3 Å². The van der Waals surface area contributed by atoms with Gasteiger partial charge in [0.25, 0.3) is 11.5 Å². The van der Waals surface area contributed by atoms with Crippen LogP contribution in [0.15, 0.2) is 39.6 Å². The molecule has 2 aliphatic rings. The van der Waals surface area contributed by atoms with Crippen molar-refractivity contribution in [3.63, 3.8) is 0 Å². The Bertz CT molecular complexity index is 1010. The Hall–Kier alpha value is -3.05. The molecule has 3 N–H and O–H groups in total. The Balaban J connectivity index is 1.97. The van der Waals surface area contributed by atoms with Crippen LogP contribution in [0.25, 0.3) is 0 Å². The van der Waals surface area contributed by atoms with Crippen LogP contribution >= 0.6 is 0 Å². The average Bonchev–Trinajstić information content (AvgIpc) is 3.37. The fourth-order valence-corrected chi connectivity index (χ4v) is 3.30. The second-order valence-corrected chi connectivity index (χ2v) is 7.62. The van der Waals surface area contributed by atoms with Crippen molar-refractivity contribution >= 4 is 17.8 Å². The zero-order chi connectivity index (χ0) is 23.9. The summed E-state index contributed by atoms with van der Waals surface area (Å²) >= 11 is 0. The maximum absolute atomic E-state index is 14.0. The van der Waals surface area contributed by atoms with Gasteiger partial charge in [0.05, 0.1) is 17.7 Å². The molecule has 6 nitrogen and oxygen atoms in total. The van der Waals surface area contributed by atoms with Crippen molar-refractivity contribution in [3.8, 4) is 0 Å². The maximum atomic E-state index is 14.0. The van der Waals surface area contributed by atoms with Crippen molar-refractivity contribution in [1.82, 2.24) is 5.32 Å². The molecule has 1 aliphatic carbocycles. The number of carbonyl (C=O) groups is 1. The van der Waals surface area contributed by atoms with E-state index in [-0.39, 0.29) is 23.2 Å². The monoisotopic (exact) mass is 462 g/mol. The molecule has 3 rings (SSSR count). The highest BCUT2D eigenvalue weighted by atomic mass is 19.4. The summed E-state index contributed by atoms with van der Waals surface area (Å²) in [5, 5.41) is 6.25. The number of rotatable bonds is 5. The summed E-state index contributed by atoms with van der Waals surface area (Å²) in [5.41, 5.74) is -1.04. The van der Waals surface area contributed by atoms with Gasteiger partial charge in [-0.1, -0.05) is 11.2 Å². The van der Waals surface area contributed by atoms with Crippen molar-refractivity contribution in [2.45, 2.75) is 50.2 Å². The topological polar surface area (TPSA) is 89.1 Å². The highest BCUT2D eigenvalue weighted by Gasteiger charge is 2.65. The zero-order valence-corrected chi connectivity index (χ0v) is 17.1. The Morgan fingerprint density at radius 2 is 1.94 bits per heavy atom. The number of alkyl halides is 6. The molecule has 1 aromatic rings. The van der Waals surface area contributed by atoms with Gasteiger partial charge in [0.15, 0.2) is 0 Å². The lowest BCUT2D eigenvalue weighted by Crippen LogP contribution is -2.50. The SMILES string of the molecule is CN=CC(=C(N)C(F)(F)F)C1(C(F)(F)F)CC(c2ccc(C(=O)NC3CC3)c(C)c2)=NO1. The quantitative estimate of drug-likeness (QED) is 0.516. The number of carbonyl (C=O) groups excluding carboxylic acids is 1. The molecule has 0 spiro atoms. The Morgan fingerprint density at radius 3 is 2.44 bits per heavy atom. The number of oxime groups is 1. The number of hydrogen-bond donors (Lipinski definition) is 2. The molecule has 32 heavy (non-hydrogen) atoms. The number of benzene rings is 1. The summed E-state index contributed by atoms with van der Waals surface area (Å²) in [7, 11) is 1.01. The number of nitrogens with one attached hydrogen (secondary N) is 1. The summed E-state index contributed by atoms with van der Waals surface area (Å²) in [6.45, 7) is 1.59. The van der Waals surface area contributed by atoms with E-state index in [0.717, 1.165) is 19.9 Å². The number of allylic oxidation sites excluding steroid dienone is 1. The molecule has 1 aliphatic heterocycles.